The van der Waals surface area contributed by atoms with Crippen molar-refractivity contribution in [1.82, 2.24) is 15.1 Å². The zero-order valence-electron chi connectivity index (χ0n) is 13.5. The van der Waals surface area contributed by atoms with Gasteiger partial charge in [-0.2, -0.15) is 5.10 Å². The van der Waals surface area contributed by atoms with Gasteiger partial charge in [0.25, 0.3) is 11.6 Å². The van der Waals surface area contributed by atoms with Gasteiger partial charge in [0, 0.05) is 31.3 Å². The molecule has 0 atom stereocenters. The van der Waals surface area contributed by atoms with E-state index in [9.17, 15) is 14.9 Å². The molecule has 7 nitrogen and oxygen atoms in total. The summed E-state index contributed by atoms with van der Waals surface area (Å²) in [6, 6.07) is 17.4. The normalized spacial score (nSPS) is 10.4. The number of aromatic nitrogens is 2. The Morgan fingerprint density at radius 3 is 2.48 bits per heavy atom. The van der Waals surface area contributed by atoms with Crippen LogP contribution in [0.5, 0.6) is 0 Å². The summed E-state index contributed by atoms with van der Waals surface area (Å²) >= 11 is 0. The maximum Gasteiger partial charge on any atom is 0.269 e. The van der Waals surface area contributed by atoms with E-state index in [1.807, 2.05) is 30.3 Å². The van der Waals surface area contributed by atoms with E-state index in [-0.39, 0.29) is 11.6 Å². The van der Waals surface area contributed by atoms with Gasteiger partial charge in [0.1, 0.15) is 5.69 Å². The number of hydrogen-bond acceptors (Lipinski definition) is 4. The van der Waals surface area contributed by atoms with Crippen LogP contribution in [0.1, 0.15) is 16.1 Å². The molecule has 0 unspecified atom stereocenters. The van der Waals surface area contributed by atoms with Crippen molar-refractivity contribution in [3.8, 4) is 11.3 Å². The van der Waals surface area contributed by atoms with Crippen LogP contribution in [0.2, 0.25) is 0 Å². The summed E-state index contributed by atoms with van der Waals surface area (Å²) in [5.41, 5.74) is 2.74. The second-order valence-corrected chi connectivity index (χ2v) is 5.51. The number of nitro benzene ring substituents is 1. The van der Waals surface area contributed by atoms with Crippen molar-refractivity contribution in [2.45, 2.75) is 6.54 Å². The summed E-state index contributed by atoms with van der Waals surface area (Å²) in [6.07, 6.45) is 0. The van der Waals surface area contributed by atoms with Crippen LogP contribution in [0.25, 0.3) is 11.3 Å². The number of benzene rings is 2. The van der Waals surface area contributed by atoms with Gasteiger partial charge in [-0.15, -0.1) is 0 Å². The van der Waals surface area contributed by atoms with Crippen molar-refractivity contribution >= 4 is 11.6 Å². The lowest BCUT2D eigenvalue weighted by Gasteiger charge is -2.05. The van der Waals surface area contributed by atoms with Crippen molar-refractivity contribution in [3.63, 3.8) is 0 Å². The SMILES string of the molecule is Cn1nc(-c2ccc([N+](=O)[O-])cc2)cc1C(=O)NCc1ccccc1. The molecule has 0 aliphatic carbocycles. The molecule has 0 spiro atoms. The Morgan fingerprint density at radius 1 is 1.16 bits per heavy atom. The molecule has 1 amide bonds. The quantitative estimate of drug-likeness (QED) is 0.573. The molecular formula is C18H16N4O3. The summed E-state index contributed by atoms with van der Waals surface area (Å²) in [6.45, 7) is 0.428. The smallest absolute Gasteiger partial charge is 0.269 e. The second kappa shape index (κ2) is 6.96. The number of nitrogens with one attached hydrogen (secondary N) is 1. The minimum Gasteiger partial charge on any atom is -0.347 e. The minimum absolute atomic E-state index is 0.0144. The standard InChI is InChI=1S/C18H16N4O3/c1-21-17(18(23)19-12-13-5-3-2-4-6-13)11-16(20-21)14-7-9-15(10-8-14)22(24)25/h2-11H,12H2,1H3,(H,19,23). The third-order valence-corrected chi connectivity index (χ3v) is 3.78. The van der Waals surface area contributed by atoms with Gasteiger partial charge in [-0.3, -0.25) is 19.6 Å². The van der Waals surface area contributed by atoms with E-state index in [1.165, 1.54) is 16.8 Å². The summed E-state index contributed by atoms with van der Waals surface area (Å²) in [5.74, 6) is -0.230. The zero-order valence-corrected chi connectivity index (χ0v) is 13.5. The highest BCUT2D eigenvalue weighted by Gasteiger charge is 2.15. The van der Waals surface area contributed by atoms with Crippen LogP contribution < -0.4 is 5.32 Å². The van der Waals surface area contributed by atoms with Gasteiger partial charge in [-0.05, 0) is 23.8 Å². The Hall–Kier alpha value is -3.48. The molecule has 0 bridgehead atoms. The molecule has 0 radical (unpaired) electrons. The largest absolute Gasteiger partial charge is 0.347 e. The molecule has 2 aromatic carbocycles. The van der Waals surface area contributed by atoms with Gasteiger partial charge >= 0.3 is 0 Å². The molecule has 25 heavy (non-hydrogen) atoms. The van der Waals surface area contributed by atoms with Crippen molar-refractivity contribution in [2.24, 2.45) is 7.05 Å². The molecule has 0 saturated carbocycles. The van der Waals surface area contributed by atoms with Gasteiger partial charge in [-0.25, -0.2) is 0 Å². The number of nitro groups is 1. The van der Waals surface area contributed by atoms with E-state index in [4.69, 9.17) is 0 Å². The molecule has 1 aromatic heterocycles. The first-order valence-electron chi connectivity index (χ1n) is 7.65. The number of nitrogens with zero attached hydrogens (tertiary/aromatic N) is 3. The Balaban J connectivity index is 1.75. The lowest BCUT2D eigenvalue weighted by Crippen LogP contribution is -2.25. The maximum atomic E-state index is 12.4. The van der Waals surface area contributed by atoms with Gasteiger partial charge in [0.15, 0.2) is 0 Å². The molecule has 1 heterocycles. The predicted octanol–water partition coefficient (Wildman–Crippen LogP) is 2.93. The topological polar surface area (TPSA) is 90.1 Å². The molecule has 3 rings (SSSR count). The van der Waals surface area contributed by atoms with Crippen LogP contribution in [-0.2, 0) is 13.6 Å². The molecular weight excluding hydrogens is 320 g/mol. The molecule has 0 fully saturated rings. The third kappa shape index (κ3) is 3.72. The number of carbonyl (C=O) groups is 1. The van der Waals surface area contributed by atoms with E-state index in [0.29, 0.717) is 23.5 Å². The van der Waals surface area contributed by atoms with Crippen LogP contribution >= 0.6 is 0 Å². The molecule has 126 valence electrons. The number of non-ortho nitro benzene ring substituents is 1. The monoisotopic (exact) mass is 336 g/mol. The van der Waals surface area contributed by atoms with E-state index < -0.39 is 4.92 Å². The van der Waals surface area contributed by atoms with Gasteiger partial charge in [-0.1, -0.05) is 30.3 Å². The highest BCUT2D eigenvalue weighted by molar-refractivity contribution is 5.93. The first kappa shape index (κ1) is 16.4. The van der Waals surface area contributed by atoms with Gasteiger partial charge < -0.3 is 5.32 Å². The van der Waals surface area contributed by atoms with E-state index in [2.05, 4.69) is 10.4 Å². The van der Waals surface area contributed by atoms with Crippen LogP contribution in [0, 0.1) is 10.1 Å². The summed E-state index contributed by atoms with van der Waals surface area (Å²) in [5, 5.41) is 17.9. The van der Waals surface area contributed by atoms with Crippen molar-refractivity contribution in [2.75, 3.05) is 0 Å². The Morgan fingerprint density at radius 2 is 1.84 bits per heavy atom. The third-order valence-electron chi connectivity index (χ3n) is 3.78. The molecule has 7 heteroatoms. The summed E-state index contributed by atoms with van der Waals surface area (Å²) < 4.78 is 1.50. The summed E-state index contributed by atoms with van der Waals surface area (Å²) in [4.78, 5) is 22.6. The minimum atomic E-state index is -0.454. The maximum absolute atomic E-state index is 12.4. The Bertz CT molecular complexity index is 902. The first-order chi connectivity index (χ1) is 12.0. The fourth-order valence-electron chi connectivity index (χ4n) is 2.44. The van der Waals surface area contributed by atoms with E-state index in [0.717, 1.165) is 5.56 Å². The van der Waals surface area contributed by atoms with E-state index >= 15 is 0 Å². The molecule has 0 saturated heterocycles. The Kier molecular flexibility index (Phi) is 4.56. The molecule has 0 aliphatic rings. The highest BCUT2D eigenvalue weighted by atomic mass is 16.6. The number of rotatable bonds is 5. The van der Waals surface area contributed by atoms with Crippen LogP contribution in [0.15, 0.2) is 60.7 Å². The average Bonchev–Trinajstić information content (AvgIpc) is 3.02. The van der Waals surface area contributed by atoms with Crippen LogP contribution in [-0.4, -0.2) is 20.6 Å². The lowest BCUT2D eigenvalue weighted by molar-refractivity contribution is -0.384. The highest BCUT2D eigenvalue weighted by Crippen LogP contribution is 2.22. The van der Waals surface area contributed by atoms with Crippen molar-refractivity contribution < 1.29 is 9.72 Å². The van der Waals surface area contributed by atoms with Crippen molar-refractivity contribution in [3.05, 3.63) is 82.0 Å². The zero-order chi connectivity index (χ0) is 17.8. The van der Waals surface area contributed by atoms with Gasteiger partial charge in [0.2, 0.25) is 0 Å². The first-order valence-corrected chi connectivity index (χ1v) is 7.65. The van der Waals surface area contributed by atoms with Crippen LogP contribution in [0.4, 0.5) is 5.69 Å². The van der Waals surface area contributed by atoms with E-state index in [1.54, 1.807) is 25.2 Å². The second-order valence-electron chi connectivity index (χ2n) is 5.51. The summed E-state index contributed by atoms with van der Waals surface area (Å²) in [7, 11) is 1.69. The fourth-order valence-corrected chi connectivity index (χ4v) is 2.44. The number of carbonyl (C=O) groups excluding carboxylic acids is 1. The van der Waals surface area contributed by atoms with Crippen LogP contribution in [0.3, 0.4) is 0 Å². The Labute approximate surface area is 144 Å². The number of aryl methyl sites for hydroxylation is 1. The molecule has 1 N–H and O–H groups in total. The lowest BCUT2D eigenvalue weighted by atomic mass is 10.1. The number of amides is 1. The predicted molar refractivity (Wildman–Crippen MR) is 92.9 cm³/mol. The molecule has 3 aromatic rings. The fraction of sp³-hybridized carbons (Fsp3) is 0.111. The average molecular weight is 336 g/mol. The van der Waals surface area contributed by atoms with Gasteiger partial charge in [0.05, 0.1) is 10.6 Å². The number of hydrogen-bond donors (Lipinski definition) is 1. The van der Waals surface area contributed by atoms with Crippen molar-refractivity contribution in [1.29, 1.82) is 0 Å². The molecule has 0 aliphatic heterocycles.